The van der Waals surface area contributed by atoms with Crippen LogP contribution < -0.4 is 15.8 Å². The maximum Gasteiger partial charge on any atom is 0.255 e. The van der Waals surface area contributed by atoms with Gasteiger partial charge in [0.15, 0.2) is 0 Å². The summed E-state index contributed by atoms with van der Waals surface area (Å²) in [6, 6.07) is 3.41. The Balaban J connectivity index is 2.19. The predicted octanol–water partition coefficient (Wildman–Crippen LogP) is -1.11. The van der Waals surface area contributed by atoms with Gasteiger partial charge in [-0.2, -0.15) is 0 Å². The Bertz CT molecular complexity index is 716. The first kappa shape index (κ1) is 16.6. The lowest BCUT2D eigenvalue weighted by Gasteiger charge is -2.13. The molecule has 120 valence electrons. The van der Waals surface area contributed by atoms with Crippen LogP contribution in [0.25, 0.3) is 0 Å². The Labute approximate surface area is 127 Å². The van der Waals surface area contributed by atoms with Crippen molar-refractivity contribution < 1.29 is 23.1 Å². The summed E-state index contributed by atoms with van der Waals surface area (Å²) in [5.41, 5.74) is 1.19. The summed E-state index contributed by atoms with van der Waals surface area (Å²) in [4.78, 5) is 23.6. The molecule has 1 unspecified atom stereocenters. The van der Waals surface area contributed by atoms with Crippen LogP contribution in [0.4, 0.5) is 0 Å². The molecule has 0 saturated heterocycles. The second-order valence-corrected chi connectivity index (χ2v) is 6.56. The van der Waals surface area contributed by atoms with E-state index in [9.17, 15) is 23.1 Å². The van der Waals surface area contributed by atoms with Gasteiger partial charge in [0.25, 0.3) is 5.91 Å². The molecule has 0 fully saturated rings. The first-order valence-electron chi connectivity index (χ1n) is 6.65. The van der Waals surface area contributed by atoms with Crippen molar-refractivity contribution in [2.75, 3.05) is 0 Å². The lowest BCUT2D eigenvalue weighted by Crippen LogP contribution is -2.42. The molecule has 0 aromatic heterocycles. The summed E-state index contributed by atoms with van der Waals surface area (Å²) in [6.07, 6.45) is -1.04. The van der Waals surface area contributed by atoms with Gasteiger partial charge in [0.05, 0.1) is 4.90 Å². The van der Waals surface area contributed by atoms with Gasteiger partial charge < -0.3 is 5.11 Å². The Morgan fingerprint density at radius 2 is 2.18 bits per heavy atom. The predicted molar refractivity (Wildman–Crippen MR) is 76.8 cm³/mol. The minimum Gasteiger partial charge on any atom is -0.383 e. The third-order valence-electron chi connectivity index (χ3n) is 3.45. The molecule has 1 aliphatic rings. The molecular formula is C13H17N3O5S. The van der Waals surface area contributed by atoms with Crippen molar-refractivity contribution in [2.24, 2.45) is 5.14 Å². The highest BCUT2D eigenvalue weighted by Gasteiger charge is 2.30. The largest absolute Gasteiger partial charge is 0.383 e. The summed E-state index contributed by atoms with van der Waals surface area (Å²) in [5.74, 6) is -1.36. The number of carbonyl (C=O) groups is 2. The van der Waals surface area contributed by atoms with Gasteiger partial charge >= 0.3 is 0 Å². The number of aliphatic hydroxyl groups excluding tert-OH is 1. The van der Waals surface area contributed by atoms with E-state index in [0.717, 1.165) is 0 Å². The SMILES string of the molecule is CC[C@H](O)C(=O)NC(=O)C1NCc2cc(S(N)(=O)=O)ccc21. The lowest BCUT2D eigenvalue weighted by atomic mass is 10.0. The van der Waals surface area contributed by atoms with E-state index in [2.05, 4.69) is 10.6 Å². The van der Waals surface area contributed by atoms with Crippen LogP contribution in [0.5, 0.6) is 0 Å². The molecule has 1 aromatic rings. The van der Waals surface area contributed by atoms with Crippen LogP contribution in [0.1, 0.15) is 30.5 Å². The van der Waals surface area contributed by atoms with Crippen LogP contribution in [-0.4, -0.2) is 31.4 Å². The van der Waals surface area contributed by atoms with E-state index in [0.29, 0.717) is 11.1 Å². The molecule has 1 heterocycles. The third kappa shape index (κ3) is 3.33. The van der Waals surface area contributed by atoms with Gasteiger partial charge in [-0.1, -0.05) is 13.0 Å². The number of imide groups is 1. The Morgan fingerprint density at radius 1 is 1.50 bits per heavy atom. The van der Waals surface area contributed by atoms with Crippen molar-refractivity contribution in [2.45, 2.75) is 36.9 Å². The van der Waals surface area contributed by atoms with Crippen molar-refractivity contribution in [3.63, 3.8) is 0 Å². The van der Waals surface area contributed by atoms with Crippen LogP contribution in [0, 0.1) is 0 Å². The fourth-order valence-electron chi connectivity index (χ4n) is 2.21. The minimum absolute atomic E-state index is 0.0356. The van der Waals surface area contributed by atoms with Gasteiger partial charge in [-0.15, -0.1) is 0 Å². The molecular weight excluding hydrogens is 310 g/mol. The van der Waals surface area contributed by atoms with Crippen molar-refractivity contribution in [1.29, 1.82) is 0 Å². The molecule has 1 aliphatic heterocycles. The molecule has 0 aliphatic carbocycles. The molecule has 0 saturated carbocycles. The van der Waals surface area contributed by atoms with Gasteiger partial charge in [-0.25, -0.2) is 13.6 Å². The summed E-state index contributed by atoms with van der Waals surface area (Å²) < 4.78 is 22.6. The van der Waals surface area contributed by atoms with Crippen LogP contribution >= 0.6 is 0 Å². The number of aliphatic hydroxyl groups is 1. The summed E-state index contributed by atoms with van der Waals surface area (Å²) in [5, 5.41) is 19.4. The van der Waals surface area contributed by atoms with Gasteiger partial charge in [0.1, 0.15) is 12.1 Å². The Morgan fingerprint density at radius 3 is 2.77 bits per heavy atom. The fourth-order valence-corrected chi connectivity index (χ4v) is 2.78. The number of amides is 2. The molecule has 5 N–H and O–H groups in total. The monoisotopic (exact) mass is 327 g/mol. The van der Waals surface area contributed by atoms with Crippen LogP contribution in [0.3, 0.4) is 0 Å². The quantitative estimate of drug-likeness (QED) is 0.553. The number of benzene rings is 1. The Kier molecular flexibility index (Phi) is 4.61. The third-order valence-corrected chi connectivity index (χ3v) is 4.36. The second-order valence-electron chi connectivity index (χ2n) is 5.00. The highest BCUT2D eigenvalue weighted by Crippen LogP contribution is 2.27. The first-order valence-corrected chi connectivity index (χ1v) is 8.20. The molecule has 9 heteroatoms. The number of sulfonamides is 1. The molecule has 2 atom stereocenters. The number of carbonyl (C=O) groups excluding carboxylic acids is 2. The molecule has 0 radical (unpaired) electrons. The summed E-state index contributed by atoms with van der Waals surface area (Å²) >= 11 is 0. The number of nitrogens with one attached hydrogen (secondary N) is 2. The summed E-state index contributed by atoms with van der Waals surface area (Å²) in [7, 11) is -3.81. The van der Waals surface area contributed by atoms with Gasteiger partial charge in [-0.05, 0) is 29.7 Å². The van der Waals surface area contributed by atoms with Gasteiger partial charge in [0.2, 0.25) is 15.9 Å². The van der Waals surface area contributed by atoms with Crippen LogP contribution in [-0.2, 0) is 26.2 Å². The van der Waals surface area contributed by atoms with E-state index in [1.54, 1.807) is 6.92 Å². The summed E-state index contributed by atoms with van der Waals surface area (Å²) in [6.45, 7) is 1.90. The zero-order valence-corrected chi connectivity index (χ0v) is 12.7. The number of hydrogen-bond acceptors (Lipinski definition) is 6. The minimum atomic E-state index is -3.81. The molecule has 1 aromatic carbocycles. The topological polar surface area (TPSA) is 139 Å². The molecule has 2 amide bonds. The van der Waals surface area contributed by atoms with E-state index in [1.807, 2.05) is 0 Å². The number of hydrogen-bond donors (Lipinski definition) is 4. The van der Waals surface area contributed by atoms with Crippen LogP contribution in [0.15, 0.2) is 23.1 Å². The van der Waals surface area contributed by atoms with Crippen LogP contribution in [0.2, 0.25) is 0 Å². The van der Waals surface area contributed by atoms with Gasteiger partial charge in [0, 0.05) is 6.54 Å². The maximum absolute atomic E-state index is 12.1. The first-order chi connectivity index (χ1) is 10.2. The van der Waals surface area contributed by atoms with E-state index in [-0.39, 0.29) is 17.9 Å². The van der Waals surface area contributed by atoms with Gasteiger partial charge in [-0.3, -0.25) is 20.2 Å². The normalized spacial score (nSPS) is 18.6. The van der Waals surface area contributed by atoms with Crippen molar-refractivity contribution in [3.05, 3.63) is 29.3 Å². The zero-order chi connectivity index (χ0) is 16.5. The Hall–Kier alpha value is -1.81. The van der Waals surface area contributed by atoms with Crippen molar-refractivity contribution in [3.8, 4) is 0 Å². The highest BCUT2D eigenvalue weighted by atomic mass is 32.2. The lowest BCUT2D eigenvalue weighted by molar-refractivity contribution is -0.136. The van der Waals surface area contributed by atoms with E-state index < -0.39 is 34.0 Å². The molecule has 2 rings (SSSR count). The van der Waals surface area contributed by atoms with Crippen molar-refractivity contribution in [1.82, 2.24) is 10.6 Å². The van der Waals surface area contributed by atoms with E-state index >= 15 is 0 Å². The zero-order valence-electron chi connectivity index (χ0n) is 11.9. The van der Waals surface area contributed by atoms with E-state index in [1.165, 1.54) is 18.2 Å². The fraction of sp³-hybridized carbons (Fsp3) is 0.385. The number of nitrogens with two attached hydrogens (primary N) is 1. The number of fused-ring (bicyclic) bond motifs is 1. The second kappa shape index (κ2) is 6.13. The highest BCUT2D eigenvalue weighted by molar-refractivity contribution is 7.89. The molecule has 0 spiro atoms. The average Bonchev–Trinajstić information content (AvgIpc) is 2.88. The van der Waals surface area contributed by atoms with Crippen molar-refractivity contribution >= 4 is 21.8 Å². The molecule has 22 heavy (non-hydrogen) atoms. The molecule has 0 bridgehead atoms. The standard InChI is InChI=1S/C13H17N3O5S/c1-2-10(17)12(18)16-13(19)11-9-4-3-8(22(14,20)21)5-7(9)6-15-11/h3-5,10-11,15,17H,2,6H2,1H3,(H2,14,20,21)(H,16,18,19)/t10-,11?/m0/s1. The maximum atomic E-state index is 12.1. The smallest absolute Gasteiger partial charge is 0.255 e. The average molecular weight is 327 g/mol. The van der Waals surface area contributed by atoms with E-state index in [4.69, 9.17) is 5.14 Å². The number of rotatable bonds is 4. The molecule has 8 nitrogen and oxygen atoms in total. The number of primary sulfonamides is 1.